The number of allylic oxidation sites excluding steroid dienone is 2. The van der Waals surface area contributed by atoms with Gasteiger partial charge >= 0.3 is 0 Å². The maximum Gasteiger partial charge on any atom is 0.222 e. The number of amides is 1. The van der Waals surface area contributed by atoms with Crippen LogP contribution in [-0.2, 0) is 10.2 Å². The predicted octanol–water partition coefficient (Wildman–Crippen LogP) is 4.35. The summed E-state index contributed by atoms with van der Waals surface area (Å²) in [4.78, 5) is 22.2. The quantitative estimate of drug-likeness (QED) is 0.562. The molecule has 1 amide bonds. The molecule has 0 N–H and O–H groups in total. The zero-order chi connectivity index (χ0) is 24.6. The van der Waals surface area contributed by atoms with Crippen LogP contribution in [0.5, 0.6) is 0 Å². The highest BCUT2D eigenvalue weighted by Crippen LogP contribution is 2.25. The van der Waals surface area contributed by atoms with Crippen molar-refractivity contribution in [2.24, 2.45) is 0 Å². The molecule has 2 aliphatic heterocycles. The van der Waals surface area contributed by atoms with Gasteiger partial charge in [-0.25, -0.2) is 0 Å². The fourth-order valence-corrected chi connectivity index (χ4v) is 4.87. The zero-order valence-corrected chi connectivity index (χ0v) is 21.9. The number of rotatable bonds is 7. The van der Waals surface area contributed by atoms with Crippen molar-refractivity contribution in [1.29, 1.82) is 0 Å². The van der Waals surface area contributed by atoms with Gasteiger partial charge in [-0.05, 0) is 49.4 Å². The van der Waals surface area contributed by atoms with E-state index in [0.29, 0.717) is 18.7 Å². The van der Waals surface area contributed by atoms with Gasteiger partial charge in [0.05, 0.1) is 0 Å². The molecule has 0 aliphatic carbocycles. The summed E-state index contributed by atoms with van der Waals surface area (Å²) < 4.78 is 0. The van der Waals surface area contributed by atoms with E-state index in [-0.39, 0.29) is 5.41 Å². The Hall–Kier alpha value is -2.45. The molecular weight excluding hydrogens is 420 g/mol. The van der Waals surface area contributed by atoms with Crippen LogP contribution in [0.15, 0.2) is 36.0 Å². The maximum atomic E-state index is 12.8. The number of nitrogens with zero attached hydrogens (tertiary/aromatic N) is 4. The van der Waals surface area contributed by atoms with Gasteiger partial charge in [-0.3, -0.25) is 9.69 Å². The number of hydrogen-bond donors (Lipinski definition) is 0. The van der Waals surface area contributed by atoms with E-state index in [9.17, 15) is 4.79 Å². The number of carbonyl (C=O) groups is 1. The van der Waals surface area contributed by atoms with Gasteiger partial charge in [0.1, 0.15) is 0 Å². The van der Waals surface area contributed by atoms with Crippen molar-refractivity contribution in [3.05, 3.63) is 41.6 Å². The largest absolute Gasteiger partial charge is 0.373 e. The summed E-state index contributed by atoms with van der Waals surface area (Å²) in [5.74, 6) is 2.98. The predicted molar refractivity (Wildman–Crippen MR) is 143 cm³/mol. The Balaban J connectivity index is 1.36. The molecule has 0 saturated carbocycles. The third-order valence-corrected chi connectivity index (χ3v) is 7.20. The summed E-state index contributed by atoms with van der Waals surface area (Å²) in [5, 5.41) is 0. The van der Waals surface area contributed by atoms with Crippen molar-refractivity contribution >= 4 is 11.6 Å². The molecule has 1 aromatic rings. The lowest BCUT2D eigenvalue weighted by atomic mass is 9.87. The van der Waals surface area contributed by atoms with Crippen molar-refractivity contribution in [3.63, 3.8) is 0 Å². The minimum absolute atomic E-state index is 0.194. The number of hydrogen-bond acceptors (Lipinski definition) is 4. The second-order valence-corrected chi connectivity index (χ2v) is 10.7. The van der Waals surface area contributed by atoms with Gasteiger partial charge in [-0.1, -0.05) is 39.0 Å². The fourth-order valence-electron chi connectivity index (χ4n) is 4.87. The summed E-state index contributed by atoms with van der Waals surface area (Å²) in [6.45, 7) is 17.7. The number of carbonyl (C=O) groups excluding carboxylic acids is 1. The average molecular weight is 465 g/mol. The topological polar surface area (TPSA) is 30.0 Å². The summed E-state index contributed by atoms with van der Waals surface area (Å²) in [5.41, 5.74) is 4.13. The van der Waals surface area contributed by atoms with Gasteiger partial charge in [0, 0.05) is 76.6 Å². The van der Waals surface area contributed by atoms with E-state index in [0.717, 1.165) is 71.7 Å². The third-order valence-electron chi connectivity index (χ3n) is 7.20. The highest BCUT2D eigenvalue weighted by molar-refractivity contribution is 5.76. The Kier molecular flexibility index (Phi) is 9.47. The lowest BCUT2D eigenvalue weighted by molar-refractivity contribution is -0.131. The van der Waals surface area contributed by atoms with Crippen molar-refractivity contribution in [2.45, 2.75) is 58.8 Å². The van der Waals surface area contributed by atoms with Crippen LogP contribution in [0, 0.1) is 12.3 Å². The molecule has 186 valence electrons. The van der Waals surface area contributed by atoms with Crippen LogP contribution in [-0.4, -0.2) is 79.5 Å². The fraction of sp³-hybridized carbons (Fsp3) is 0.621. The zero-order valence-electron chi connectivity index (χ0n) is 21.9. The van der Waals surface area contributed by atoms with Crippen molar-refractivity contribution < 1.29 is 4.79 Å². The summed E-state index contributed by atoms with van der Waals surface area (Å²) in [6.07, 6.45) is 10.8. The molecule has 5 heteroatoms. The molecule has 5 nitrogen and oxygen atoms in total. The highest BCUT2D eigenvalue weighted by Gasteiger charge is 2.21. The third kappa shape index (κ3) is 7.53. The van der Waals surface area contributed by atoms with Crippen LogP contribution in [0.1, 0.15) is 58.9 Å². The molecule has 2 fully saturated rings. The first-order valence-corrected chi connectivity index (χ1v) is 13.0. The molecule has 34 heavy (non-hydrogen) atoms. The SMILES string of the molecule is C#CC/C=C(\C)N1CCCN(C(=O)CCCN2CCN(c3ccc(C(C)(C)C)cc3)CC2)CC1. The average Bonchev–Trinajstić information content (AvgIpc) is 3.09. The second kappa shape index (κ2) is 12.3. The van der Waals surface area contributed by atoms with Gasteiger partial charge in [0.2, 0.25) is 5.91 Å². The van der Waals surface area contributed by atoms with E-state index in [1.54, 1.807) is 0 Å². The van der Waals surface area contributed by atoms with Crippen molar-refractivity contribution in [2.75, 3.05) is 63.8 Å². The lowest BCUT2D eigenvalue weighted by Gasteiger charge is -2.36. The minimum atomic E-state index is 0.194. The molecule has 0 bridgehead atoms. The second-order valence-electron chi connectivity index (χ2n) is 10.7. The van der Waals surface area contributed by atoms with E-state index >= 15 is 0 Å². The van der Waals surface area contributed by atoms with E-state index in [1.165, 1.54) is 16.9 Å². The molecule has 0 spiro atoms. The molecule has 0 radical (unpaired) electrons. The number of benzene rings is 1. The molecular formula is C29H44N4O. The maximum absolute atomic E-state index is 12.8. The van der Waals surface area contributed by atoms with Crippen LogP contribution in [0.4, 0.5) is 5.69 Å². The Morgan fingerprint density at radius 1 is 0.971 bits per heavy atom. The lowest BCUT2D eigenvalue weighted by Crippen LogP contribution is -2.46. The number of anilines is 1. The number of terminal acetylenes is 1. The molecule has 0 aromatic heterocycles. The molecule has 0 unspecified atom stereocenters. The first kappa shape index (κ1) is 26.2. The molecule has 2 heterocycles. The smallest absolute Gasteiger partial charge is 0.222 e. The van der Waals surface area contributed by atoms with Gasteiger partial charge in [0.25, 0.3) is 0 Å². The summed E-state index contributed by atoms with van der Waals surface area (Å²) in [6, 6.07) is 9.07. The molecule has 3 rings (SSSR count). The van der Waals surface area contributed by atoms with Crippen molar-refractivity contribution in [1.82, 2.24) is 14.7 Å². The minimum Gasteiger partial charge on any atom is -0.373 e. The standard InChI is InChI=1S/C29H44N4O/c1-6-7-10-25(2)31-17-9-18-33(24-23-31)28(34)11-8-16-30-19-21-32(22-20-30)27-14-12-26(13-15-27)29(3,4)5/h1,10,12-15H,7-9,11,16-24H2,2-5H3/b25-10+. The van der Waals surface area contributed by atoms with Crippen LogP contribution in [0.25, 0.3) is 0 Å². The first-order valence-electron chi connectivity index (χ1n) is 13.0. The molecule has 1 aromatic carbocycles. The first-order chi connectivity index (χ1) is 16.3. The number of piperazine rings is 1. The van der Waals surface area contributed by atoms with Crippen molar-refractivity contribution in [3.8, 4) is 12.3 Å². The van der Waals surface area contributed by atoms with Crippen LogP contribution >= 0.6 is 0 Å². The normalized spacial score (nSPS) is 18.6. The van der Waals surface area contributed by atoms with Gasteiger partial charge < -0.3 is 14.7 Å². The van der Waals surface area contributed by atoms with Gasteiger partial charge in [-0.2, -0.15) is 0 Å². The van der Waals surface area contributed by atoms with Gasteiger partial charge in [-0.15, -0.1) is 12.3 Å². The monoisotopic (exact) mass is 464 g/mol. The highest BCUT2D eigenvalue weighted by atomic mass is 16.2. The molecule has 0 atom stereocenters. The molecule has 2 aliphatic rings. The Morgan fingerprint density at radius 3 is 2.26 bits per heavy atom. The summed E-state index contributed by atoms with van der Waals surface area (Å²) >= 11 is 0. The van der Waals surface area contributed by atoms with E-state index < -0.39 is 0 Å². The Bertz CT molecular complexity index is 854. The van der Waals surface area contributed by atoms with Crippen LogP contribution < -0.4 is 4.90 Å². The molecule has 2 saturated heterocycles. The Labute approximate surface area is 207 Å². The van der Waals surface area contributed by atoms with E-state index in [1.807, 2.05) is 0 Å². The van der Waals surface area contributed by atoms with Crippen LogP contribution in [0.3, 0.4) is 0 Å². The van der Waals surface area contributed by atoms with E-state index in [2.05, 4.69) is 83.6 Å². The van der Waals surface area contributed by atoms with E-state index in [4.69, 9.17) is 6.42 Å². The van der Waals surface area contributed by atoms with Gasteiger partial charge in [0.15, 0.2) is 0 Å². The van der Waals surface area contributed by atoms with Crippen LogP contribution in [0.2, 0.25) is 0 Å². The Morgan fingerprint density at radius 2 is 1.62 bits per heavy atom. The summed E-state index contributed by atoms with van der Waals surface area (Å²) in [7, 11) is 0.